The molecule has 2 rings (SSSR count). The van der Waals surface area contributed by atoms with Gasteiger partial charge in [0, 0.05) is 13.6 Å². The molecular weight excluding hydrogens is 275 g/mol. The summed E-state index contributed by atoms with van der Waals surface area (Å²) in [6, 6.07) is 4.60. The largest absolute Gasteiger partial charge is 0.480 e. The molecule has 2 unspecified atom stereocenters. The Hall–Kier alpha value is -2.11. The molecule has 1 aliphatic rings. The lowest BCUT2D eigenvalue weighted by Gasteiger charge is -2.38. The fourth-order valence-electron chi connectivity index (χ4n) is 2.62. The molecule has 1 fully saturated rings. The molecule has 1 aromatic carbocycles. The second-order valence-corrected chi connectivity index (χ2v) is 5.47. The van der Waals surface area contributed by atoms with Crippen molar-refractivity contribution in [3.8, 4) is 0 Å². The number of hydrogen-bond donors (Lipinski definition) is 1. The Balaban J connectivity index is 2.22. The summed E-state index contributed by atoms with van der Waals surface area (Å²) < 4.78 is 13.8. The summed E-state index contributed by atoms with van der Waals surface area (Å²) in [5.74, 6) is -1.27. The van der Waals surface area contributed by atoms with Gasteiger partial charge in [0.05, 0.1) is 5.69 Å². The molecular formula is C15H19FN2O3. The molecule has 1 saturated heterocycles. The number of carboxylic acids is 1. The average molecular weight is 294 g/mol. The van der Waals surface area contributed by atoms with Gasteiger partial charge in [0.15, 0.2) is 0 Å². The van der Waals surface area contributed by atoms with Gasteiger partial charge in [-0.25, -0.2) is 14.0 Å². The van der Waals surface area contributed by atoms with Gasteiger partial charge in [-0.15, -0.1) is 0 Å². The molecule has 114 valence electrons. The highest BCUT2D eigenvalue weighted by atomic mass is 19.1. The quantitative estimate of drug-likeness (QED) is 0.912. The first-order chi connectivity index (χ1) is 9.91. The Morgan fingerprint density at radius 1 is 1.38 bits per heavy atom. The van der Waals surface area contributed by atoms with E-state index in [1.54, 1.807) is 12.1 Å². The normalized spacial score (nSPS) is 22.0. The summed E-state index contributed by atoms with van der Waals surface area (Å²) in [6.07, 6.45) is 1.17. The van der Waals surface area contributed by atoms with E-state index in [4.69, 9.17) is 0 Å². The second-order valence-electron chi connectivity index (χ2n) is 5.47. The lowest BCUT2D eigenvalue weighted by Crippen LogP contribution is -2.53. The highest BCUT2D eigenvalue weighted by Crippen LogP contribution is 2.26. The zero-order valence-electron chi connectivity index (χ0n) is 12.1. The van der Waals surface area contributed by atoms with Crippen LogP contribution >= 0.6 is 0 Å². The number of rotatable bonds is 2. The van der Waals surface area contributed by atoms with Crippen molar-refractivity contribution in [1.29, 1.82) is 0 Å². The lowest BCUT2D eigenvalue weighted by molar-refractivity contribution is -0.143. The van der Waals surface area contributed by atoms with Gasteiger partial charge >= 0.3 is 12.0 Å². The number of para-hydroxylation sites is 1. The monoisotopic (exact) mass is 294 g/mol. The van der Waals surface area contributed by atoms with Crippen molar-refractivity contribution >= 4 is 17.7 Å². The first kappa shape index (κ1) is 15.3. The van der Waals surface area contributed by atoms with Gasteiger partial charge in [0.2, 0.25) is 0 Å². The van der Waals surface area contributed by atoms with Gasteiger partial charge in [-0.2, -0.15) is 0 Å². The summed E-state index contributed by atoms with van der Waals surface area (Å²) in [4.78, 5) is 26.3. The van der Waals surface area contributed by atoms with Crippen molar-refractivity contribution in [3.63, 3.8) is 0 Å². The molecule has 0 aromatic heterocycles. The SMILES string of the molecule is CC1CCN(C(=O)N(C)c2ccccc2F)C(C(=O)O)C1. The van der Waals surface area contributed by atoms with Crippen molar-refractivity contribution in [2.45, 2.75) is 25.8 Å². The van der Waals surface area contributed by atoms with Crippen LogP contribution < -0.4 is 4.90 Å². The molecule has 0 radical (unpaired) electrons. The third-order valence-corrected chi connectivity index (χ3v) is 3.90. The molecule has 6 heteroatoms. The predicted octanol–water partition coefficient (Wildman–Crippen LogP) is 2.57. The number of benzene rings is 1. The van der Waals surface area contributed by atoms with Crippen LogP contribution in [0.25, 0.3) is 0 Å². The molecule has 0 bridgehead atoms. The van der Waals surface area contributed by atoms with E-state index in [0.717, 1.165) is 6.42 Å². The van der Waals surface area contributed by atoms with Crippen molar-refractivity contribution < 1.29 is 19.1 Å². The number of nitrogens with zero attached hydrogens (tertiary/aromatic N) is 2. The van der Waals surface area contributed by atoms with Gasteiger partial charge in [-0.3, -0.25) is 4.90 Å². The molecule has 1 N–H and O–H groups in total. The number of carbonyl (C=O) groups excluding carboxylic acids is 1. The van der Waals surface area contributed by atoms with Crippen LogP contribution in [0.3, 0.4) is 0 Å². The number of piperidine rings is 1. The van der Waals surface area contributed by atoms with E-state index in [-0.39, 0.29) is 11.6 Å². The Morgan fingerprint density at radius 2 is 2.05 bits per heavy atom. The van der Waals surface area contributed by atoms with Gasteiger partial charge in [-0.05, 0) is 30.9 Å². The maximum absolute atomic E-state index is 13.8. The first-order valence-corrected chi connectivity index (χ1v) is 6.93. The number of likely N-dealkylation sites (tertiary alicyclic amines) is 1. The van der Waals surface area contributed by atoms with E-state index in [1.807, 2.05) is 6.92 Å². The third kappa shape index (κ3) is 3.15. The molecule has 5 nitrogen and oxygen atoms in total. The minimum absolute atomic E-state index is 0.144. The summed E-state index contributed by atoms with van der Waals surface area (Å²) >= 11 is 0. The fraction of sp³-hybridized carbons (Fsp3) is 0.467. The van der Waals surface area contributed by atoms with E-state index >= 15 is 0 Å². The van der Waals surface area contributed by atoms with Crippen LogP contribution in [0.4, 0.5) is 14.9 Å². The van der Waals surface area contributed by atoms with E-state index in [9.17, 15) is 19.1 Å². The third-order valence-electron chi connectivity index (χ3n) is 3.90. The number of anilines is 1. The number of carboxylic acid groups (broad SMARTS) is 1. The number of amides is 2. The molecule has 0 aliphatic carbocycles. The standard InChI is InChI=1S/C15H19FN2O3/c1-10-7-8-18(13(9-10)14(19)20)15(21)17(2)12-6-4-3-5-11(12)16/h3-6,10,13H,7-9H2,1-2H3,(H,19,20). The Kier molecular flexibility index (Phi) is 4.45. The van der Waals surface area contributed by atoms with Crippen LogP contribution in [0.2, 0.25) is 0 Å². The molecule has 2 amide bonds. The molecule has 1 aliphatic heterocycles. The van der Waals surface area contributed by atoms with Crippen LogP contribution in [0, 0.1) is 11.7 Å². The van der Waals surface area contributed by atoms with Gasteiger partial charge in [-0.1, -0.05) is 19.1 Å². The van der Waals surface area contributed by atoms with Crippen molar-refractivity contribution in [1.82, 2.24) is 4.90 Å². The smallest absolute Gasteiger partial charge is 0.326 e. The average Bonchev–Trinajstić information content (AvgIpc) is 2.46. The van der Waals surface area contributed by atoms with E-state index in [2.05, 4.69) is 0 Å². The van der Waals surface area contributed by atoms with Gasteiger partial charge in [0.25, 0.3) is 0 Å². The molecule has 1 aromatic rings. The van der Waals surface area contributed by atoms with Crippen LogP contribution in [-0.2, 0) is 4.79 Å². The molecule has 0 spiro atoms. The molecule has 21 heavy (non-hydrogen) atoms. The molecule has 0 saturated carbocycles. The summed E-state index contributed by atoms with van der Waals surface area (Å²) in [5.41, 5.74) is 0.144. The summed E-state index contributed by atoms with van der Waals surface area (Å²) in [6.45, 7) is 2.34. The minimum Gasteiger partial charge on any atom is -0.480 e. The summed E-state index contributed by atoms with van der Waals surface area (Å²) in [5, 5.41) is 9.30. The van der Waals surface area contributed by atoms with Crippen LogP contribution in [0.15, 0.2) is 24.3 Å². The van der Waals surface area contributed by atoms with E-state index in [0.29, 0.717) is 13.0 Å². The Labute approximate surface area is 123 Å². The highest BCUT2D eigenvalue weighted by molar-refractivity contribution is 5.94. The molecule has 2 atom stereocenters. The van der Waals surface area contributed by atoms with Crippen LogP contribution in [0.5, 0.6) is 0 Å². The zero-order valence-corrected chi connectivity index (χ0v) is 12.1. The van der Waals surface area contributed by atoms with Crippen molar-refractivity contribution in [2.24, 2.45) is 5.92 Å². The van der Waals surface area contributed by atoms with E-state index in [1.165, 1.54) is 29.0 Å². The minimum atomic E-state index is -1.02. The maximum Gasteiger partial charge on any atom is 0.326 e. The Morgan fingerprint density at radius 3 is 2.67 bits per heavy atom. The van der Waals surface area contributed by atoms with Gasteiger partial charge < -0.3 is 10.0 Å². The maximum atomic E-state index is 13.8. The first-order valence-electron chi connectivity index (χ1n) is 6.93. The number of hydrogen-bond acceptors (Lipinski definition) is 2. The number of halogens is 1. The van der Waals surface area contributed by atoms with Crippen LogP contribution in [-0.4, -0.2) is 41.6 Å². The number of carbonyl (C=O) groups is 2. The van der Waals surface area contributed by atoms with Crippen molar-refractivity contribution in [3.05, 3.63) is 30.1 Å². The van der Waals surface area contributed by atoms with E-state index < -0.39 is 23.9 Å². The lowest BCUT2D eigenvalue weighted by atomic mass is 9.92. The molecule has 1 heterocycles. The Bertz CT molecular complexity index is 549. The highest BCUT2D eigenvalue weighted by Gasteiger charge is 2.36. The number of aliphatic carboxylic acids is 1. The fourth-order valence-corrected chi connectivity index (χ4v) is 2.62. The summed E-state index contributed by atoms with van der Waals surface area (Å²) in [7, 11) is 1.46. The topological polar surface area (TPSA) is 60.9 Å². The van der Waals surface area contributed by atoms with Crippen molar-refractivity contribution in [2.75, 3.05) is 18.5 Å². The zero-order chi connectivity index (χ0) is 15.6. The van der Waals surface area contributed by atoms with Gasteiger partial charge in [0.1, 0.15) is 11.9 Å². The van der Waals surface area contributed by atoms with Crippen LogP contribution in [0.1, 0.15) is 19.8 Å². The second kappa shape index (κ2) is 6.11. The predicted molar refractivity (Wildman–Crippen MR) is 76.7 cm³/mol. The number of urea groups is 1.